The number of ether oxygens (including phenoxy) is 1. The first kappa shape index (κ1) is 21.6. The van der Waals surface area contributed by atoms with Gasteiger partial charge in [-0.2, -0.15) is 0 Å². The van der Waals surface area contributed by atoms with Crippen molar-refractivity contribution < 1.29 is 18.7 Å². The third-order valence-corrected chi connectivity index (χ3v) is 5.91. The molecular weight excluding hydrogens is 430 g/mol. The Bertz CT molecular complexity index is 1280. The fourth-order valence-electron chi connectivity index (χ4n) is 4.08. The number of anilines is 2. The van der Waals surface area contributed by atoms with Crippen LogP contribution in [0.3, 0.4) is 0 Å². The molecule has 1 aliphatic heterocycles. The third-order valence-electron chi connectivity index (χ3n) is 5.91. The van der Waals surface area contributed by atoms with Crippen LogP contribution in [-0.4, -0.2) is 49.5 Å². The number of hydrogen-bond donors (Lipinski definition) is 1. The highest BCUT2D eigenvalue weighted by Gasteiger charge is 2.23. The van der Waals surface area contributed by atoms with E-state index in [1.807, 2.05) is 66.7 Å². The Balaban J connectivity index is 1.11. The second kappa shape index (κ2) is 9.70. The summed E-state index contributed by atoms with van der Waals surface area (Å²) >= 11 is 0. The van der Waals surface area contributed by atoms with Gasteiger partial charge < -0.3 is 24.3 Å². The molecule has 0 spiro atoms. The van der Waals surface area contributed by atoms with Gasteiger partial charge in [0.15, 0.2) is 12.4 Å². The van der Waals surface area contributed by atoms with Gasteiger partial charge in [-0.3, -0.25) is 9.59 Å². The monoisotopic (exact) mass is 455 g/mol. The predicted octanol–water partition coefficient (Wildman–Crippen LogP) is 4.41. The summed E-state index contributed by atoms with van der Waals surface area (Å²) in [7, 11) is 0. The highest BCUT2D eigenvalue weighted by atomic mass is 16.5. The SMILES string of the molecule is O=C(COc1ccc2ccccc2c1)Nc1ccc(N2CCN(C(=O)c3ccco3)CC2)cc1. The molecule has 7 heteroatoms. The number of benzene rings is 3. The van der Waals surface area contributed by atoms with Crippen molar-refractivity contribution >= 4 is 34.0 Å². The maximum Gasteiger partial charge on any atom is 0.289 e. The average Bonchev–Trinajstić information content (AvgIpc) is 3.43. The number of fused-ring (bicyclic) bond motifs is 1. The van der Waals surface area contributed by atoms with Crippen molar-refractivity contribution in [3.05, 3.63) is 90.9 Å². The summed E-state index contributed by atoms with van der Waals surface area (Å²) in [6, 6.07) is 24.9. The fraction of sp³-hybridized carbons (Fsp3) is 0.185. The van der Waals surface area contributed by atoms with E-state index in [0.717, 1.165) is 29.5 Å². The van der Waals surface area contributed by atoms with E-state index in [4.69, 9.17) is 9.15 Å². The van der Waals surface area contributed by atoms with Crippen molar-refractivity contribution in [2.24, 2.45) is 0 Å². The van der Waals surface area contributed by atoms with Gasteiger partial charge in [0.1, 0.15) is 5.75 Å². The molecule has 1 aliphatic rings. The Morgan fingerprint density at radius 3 is 2.35 bits per heavy atom. The first-order valence-electron chi connectivity index (χ1n) is 11.2. The molecule has 34 heavy (non-hydrogen) atoms. The molecule has 1 aromatic heterocycles. The number of amides is 2. The average molecular weight is 456 g/mol. The lowest BCUT2D eigenvalue weighted by atomic mass is 10.1. The molecule has 3 aromatic carbocycles. The molecule has 0 saturated carbocycles. The van der Waals surface area contributed by atoms with E-state index in [1.165, 1.54) is 6.26 Å². The summed E-state index contributed by atoms with van der Waals surface area (Å²) in [6.07, 6.45) is 1.51. The normalized spacial score (nSPS) is 13.6. The van der Waals surface area contributed by atoms with E-state index < -0.39 is 0 Å². The van der Waals surface area contributed by atoms with Crippen molar-refractivity contribution in [3.8, 4) is 5.75 Å². The van der Waals surface area contributed by atoms with E-state index in [9.17, 15) is 9.59 Å². The van der Waals surface area contributed by atoms with Crippen LogP contribution >= 0.6 is 0 Å². The molecule has 5 rings (SSSR count). The maximum atomic E-state index is 12.4. The quantitative estimate of drug-likeness (QED) is 0.466. The molecule has 1 saturated heterocycles. The van der Waals surface area contributed by atoms with Crippen molar-refractivity contribution in [1.82, 2.24) is 4.90 Å². The van der Waals surface area contributed by atoms with Crippen LogP contribution in [-0.2, 0) is 4.79 Å². The van der Waals surface area contributed by atoms with Crippen molar-refractivity contribution in [1.29, 1.82) is 0 Å². The summed E-state index contributed by atoms with van der Waals surface area (Å²) < 4.78 is 10.9. The van der Waals surface area contributed by atoms with Gasteiger partial charge in [-0.15, -0.1) is 0 Å². The highest BCUT2D eigenvalue weighted by Crippen LogP contribution is 2.22. The molecule has 0 atom stereocenters. The zero-order chi connectivity index (χ0) is 23.3. The van der Waals surface area contributed by atoms with Crippen molar-refractivity contribution in [2.45, 2.75) is 0 Å². The predicted molar refractivity (Wildman–Crippen MR) is 131 cm³/mol. The first-order chi connectivity index (χ1) is 16.7. The number of piperazine rings is 1. The first-order valence-corrected chi connectivity index (χ1v) is 11.2. The van der Waals surface area contributed by atoms with E-state index in [2.05, 4.69) is 10.2 Å². The Labute approximate surface area is 197 Å². The molecule has 0 unspecified atom stereocenters. The van der Waals surface area contributed by atoms with Gasteiger partial charge in [-0.1, -0.05) is 30.3 Å². The van der Waals surface area contributed by atoms with E-state index in [0.29, 0.717) is 30.3 Å². The van der Waals surface area contributed by atoms with Gasteiger partial charge >= 0.3 is 0 Å². The van der Waals surface area contributed by atoms with Gasteiger partial charge in [0, 0.05) is 37.6 Å². The van der Waals surface area contributed by atoms with Crippen LogP contribution in [0.25, 0.3) is 10.8 Å². The lowest BCUT2D eigenvalue weighted by molar-refractivity contribution is -0.118. The standard InChI is InChI=1S/C27H25N3O4/c31-26(19-34-24-12-7-20-4-1-2-5-21(20)18-24)28-22-8-10-23(11-9-22)29-13-15-30(16-14-29)27(32)25-6-3-17-33-25/h1-12,17-18H,13-16,19H2,(H,28,31). The molecule has 2 heterocycles. The number of rotatable bonds is 6. The molecular formula is C27H25N3O4. The Morgan fingerprint density at radius 2 is 1.62 bits per heavy atom. The summed E-state index contributed by atoms with van der Waals surface area (Å²) in [6.45, 7) is 2.66. The molecule has 7 nitrogen and oxygen atoms in total. The summed E-state index contributed by atoms with van der Waals surface area (Å²) in [4.78, 5) is 28.8. The van der Waals surface area contributed by atoms with E-state index in [1.54, 1.807) is 17.0 Å². The maximum absolute atomic E-state index is 12.4. The third kappa shape index (κ3) is 4.88. The number of nitrogens with one attached hydrogen (secondary N) is 1. The van der Waals surface area contributed by atoms with Crippen LogP contribution in [0.4, 0.5) is 11.4 Å². The van der Waals surface area contributed by atoms with E-state index in [-0.39, 0.29) is 18.4 Å². The van der Waals surface area contributed by atoms with Gasteiger partial charge in [0.2, 0.25) is 0 Å². The van der Waals surface area contributed by atoms with E-state index >= 15 is 0 Å². The number of carbonyl (C=O) groups excluding carboxylic acids is 2. The number of furan rings is 1. The second-order valence-corrected chi connectivity index (χ2v) is 8.15. The minimum atomic E-state index is -0.217. The smallest absolute Gasteiger partial charge is 0.289 e. The Kier molecular flexibility index (Phi) is 6.16. The van der Waals surface area contributed by atoms with Gasteiger partial charge in [0.05, 0.1) is 6.26 Å². The van der Waals surface area contributed by atoms with Crippen LogP contribution in [0.15, 0.2) is 89.5 Å². The molecule has 0 aliphatic carbocycles. The molecule has 4 aromatic rings. The van der Waals surface area contributed by atoms with Gasteiger partial charge in [-0.05, 0) is 59.3 Å². The van der Waals surface area contributed by atoms with Gasteiger partial charge in [0.25, 0.3) is 11.8 Å². The zero-order valence-corrected chi connectivity index (χ0v) is 18.6. The molecule has 0 bridgehead atoms. The van der Waals surface area contributed by atoms with Crippen LogP contribution in [0, 0.1) is 0 Å². The summed E-state index contributed by atoms with van der Waals surface area (Å²) in [5.41, 5.74) is 1.76. The lowest BCUT2D eigenvalue weighted by Crippen LogP contribution is -2.48. The Hall–Kier alpha value is -4.26. The summed E-state index contributed by atoms with van der Waals surface area (Å²) in [5.74, 6) is 0.742. The number of nitrogens with zero attached hydrogens (tertiary/aromatic N) is 2. The zero-order valence-electron chi connectivity index (χ0n) is 18.6. The molecule has 172 valence electrons. The van der Waals surface area contributed by atoms with Crippen molar-refractivity contribution in [3.63, 3.8) is 0 Å². The van der Waals surface area contributed by atoms with Crippen molar-refractivity contribution in [2.75, 3.05) is 43.0 Å². The molecule has 0 radical (unpaired) electrons. The minimum absolute atomic E-state index is 0.0637. The molecule has 1 N–H and O–H groups in total. The topological polar surface area (TPSA) is 75.0 Å². The summed E-state index contributed by atoms with van der Waals surface area (Å²) in [5, 5.41) is 5.07. The lowest BCUT2D eigenvalue weighted by Gasteiger charge is -2.35. The van der Waals surface area contributed by atoms with Crippen LogP contribution in [0.1, 0.15) is 10.6 Å². The number of carbonyl (C=O) groups is 2. The second-order valence-electron chi connectivity index (χ2n) is 8.15. The fourth-order valence-corrected chi connectivity index (χ4v) is 4.08. The molecule has 1 fully saturated rings. The van der Waals surface area contributed by atoms with Crippen LogP contribution in [0.2, 0.25) is 0 Å². The highest BCUT2D eigenvalue weighted by molar-refractivity contribution is 5.92. The number of hydrogen-bond acceptors (Lipinski definition) is 5. The molecule has 2 amide bonds. The minimum Gasteiger partial charge on any atom is -0.484 e. The Morgan fingerprint density at radius 1 is 0.853 bits per heavy atom. The van der Waals surface area contributed by atoms with Crippen LogP contribution < -0.4 is 15.0 Å². The van der Waals surface area contributed by atoms with Crippen LogP contribution in [0.5, 0.6) is 5.75 Å². The largest absolute Gasteiger partial charge is 0.484 e. The van der Waals surface area contributed by atoms with Gasteiger partial charge in [-0.25, -0.2) is 0 Å².